The van der Waals surface area contributed by atoms with Gasteiger partial charge >= 0.3 is 5.97 Å². The monoisotopic (exact) mass is 340 g/mol. The summed E-state index contributed by atoms with van der Waals surface area (Å²) < 4.78 is 5.41. The van der Waals surface area contributed by atoms with Crippen molar-refractivity contribution >= 4 is 17.8 Å². The molecular formula is C23H16O3. The number of ether oxygens (including phenoxy) is 1. The minimum Gasteiger partial charge on any atom is -0.508 e. The van der Waals surface area contributed by atoms with Crippen LogP contribution in [0.3, 0.4) is 0 Å². The van der Waals surface area contributed by atoms with Gasteiger partial charge in [0.05, 0.1) is 5.57 Å². The Morgan fingerprint density at radius 1 is 0.731 bits per heavy atom. The van der Waals surface area contributed by atoms with Gasteiger partial charge in [-0.15, -0.1) is 0 Å². The zero-order valence-electron chi connectivity index (χ0n) is 13.9. The molecule has 126 valence electrons. The Labute approximate surface area is 151 Å². The van der Waals surface area contributed by atoms with Crippen LogP contribution in [0.15, 0.2) is 90.5 Å². The third-order valence-corrected chi connectivity index (χ3v) is 4.22. The molecule has 0 bridgehead atoms. The van der Waals surface area contributed by atoms with Crippen LogP contribution in [0, 0.1) is 0 Å². The molecule has 1 aliphatic rings. The summed E-state index contributed by atoms with van der Waals surface area (Å²) in [5, 5.41) is 9.34. The number of hydrogen-bond donors (Lipinski definition) is 1. The minimum absolute atomic E-state index is 0.191. The maximum Gasteiger partial charge on any atom is 0.343 e. The molecule has 0 radical (unpaired) electrons. The van der Waals surface area contributed by atoms with E-state index in [2.05, 4.69) is 12.1 Å². The number of phenolic OH excluding ortho intramolecular Hbond substituents is 1. The van der Waals surface area contributed by atoms with Crippen molar-refractivity contribution < 1.29 is 14.6 Å². The summed E-state index contributed by atoms with van der Waals surface area (Å²) in [6, 6.07) is 24.7. The summed E-state index contributed by atoms with van der Waals surface area (Å²) in [7, 11) is 0. The van der Waals surface area contributed by atoms with E-state index in [4.69, 9.17) is 4.74 Å². The van der Waals surface area contributed by atoms with E-state index < -0.39 is 0 Å². The first-order chi connectivity index (χ1) is 12.7. The fourth-order valence-electron chi connectivity index (χ4n) is 2.84. The van der Waals surface area contributed by atoms with E-state index in [1.807, 2.05) is 42.5 Å². The van der Waals surface area contributed by atoms with Crippen molar-refractivity contribution in [3.05, 3.63) is 102 Å². The van der Waals surface area contributed by atoms with Crippen molar-refractivity contribution in [2.75, 3.05) is 0 Å². The molecule has 3 aromatic rings. The minimum atomic E-state index is -0.375. The van der Waals surface area contributed by atoms with Crippen LogP contribution in [-0.4, -0.2) is 11.1 Å². The molecule has 0 unspecified atom stereocenters. The van der Waals surface area contributed by atoms with Gasteiger partial charge in [-0.05, 0) is 41.0 Å². The van der Waals surface area contributed by atoms with Crippen LogP contribution in [0.4, 0.5) is 0 Å². The smallest absolute Gasteiger partial charge is 0.343 e. The van der Waals surface area contributed by atoms with Crippen LogP contribution in [-0.2, 0) is 9.53 Å². The van der Waals surface area contributed by atoms with Gasteiger partial charge in [-0.1, -0.05) is 66.7 Å². The van der Waals surface area contributed by atoms with E-state index in [0.717, 1.165) is 22.3 Å². The van der Waals surface area contributed by atoms with Gasteiger partial charge in [0.1, 0.15) is 11.5 Å². The quantitative estimate of drug-likeness (QED) is 0.537. The SMILES string of the molecule is O=C1OC(c2ccc(-c3ccccc3)cc2)=C/C1=C\c1ccc(O)cc1. The lowest BCUT2D eigenvalue weighted by Crippen LogP contribution is -1.97. The maximum absolute atomic E-state index is 12.1. The Kier molecular flexibility index (Phi) is 4.12. The van der Waals surface area contributed by atoms with Crippen molar-refractivity contribution in [3.63, 3.8) is 0 Å². The average Bonchev–Trinajstić information content (AvgIpc) is 3.05. The zero-order chi connectivity index (χ0) is 17.9. The predicted molar refractivity (Wildman–Crippen MR) is 102 cm³/mol. The third kappa shape index (κ3) is 3.28. The summed E-state index contributed by atoms with van der Waals surface area (Å²) in [5.74, 6) is 0.357. The molecule has 0 saturated carbocycles. The van der Waals surface area contributed by atoms with E-state index in [1.54, 1.807) is 36.4 Å². The normalized spacial score (nSPS) is 15.0. The van der Waals surface area contributed by atoms with Crippen LogP contribution in [0.2, 0.25) is 0 Å². The molecule has 3 nitrogen and oxygen atoms in total. The Morgan fingerprint density at radius 3 is 2.04 bits per heavy atom. The van der Waals surface area contributed by atoms with Crippen LogP contribution < -0.4 is 0 Å². The molecule has 0 saturated heterocycles. The number of carbonyl (C=O) groups excluding carboxylic acids is 1. The molecular weight excluding hydrogens is 324 g/mol. The molecule has 0 spiro atoms. The molecule has 1 aliphatic heterocycles. The third-order valence-electron chi connectivity index (χ3n) is 4.22. The molecule has 1 N–H and O–H groups in total. The fourth-order valence-corrected chi connectivity index (χ4v) is 2.84. The molecule has 4 rings (SSSR count). The second kappa shape index (κ2) is 6.73. The van der Waals surface area contributed by atoms with Gasteiger partial charge in [0.2, 0.25) is 0 Å². The van der Waals surface area contributed by atoms with E-state index in [-0.39, 0.29) is 11.7 Å². The molecule has 3 aromatic carbocycles. The first-order valence-corrected chi connectivity index (χ1v) is 8.29. The van der Waals surface area contributed by atoms with E-state index in [1.165, 1.54) is 0 Å². The van der Waals surface area contributed by atoms with Crippen molar-refractivity contribution in [1.29, 1.82) is 0 Å². The highest BCUT2D eigenvalue weighted by molar-refractivity contribution is 6.05. The van der Waals surface area contributed by atoms with E-state index >= 15 is 0 Å². The van der Waals surface area contributed by atoms with Crippen molar-refractivity contribution in [2.24, 2.45) is 0 Å². The van der Waals surface area contributed by atoms with Gasteiger partial charge in [0, 0.05) is 5.56 Å². The molecule has 0 fully saturated rings. The van der Waals surface area contributed by atoms with Gasteiger partial charge in [-0.3, -0.25) is 0 Å². The lowest BCUT2D eigenvalue weighted by atomic mass is 10.0. The fraction of sp³-hybridized carbons (Fsp3) is 0. The van der Waals surface area contributed by atoms with Crippen LogP contribution in [0.1, 0.15) is 11.1 Å². The highest BCUT2D eigenvalue weighted by Crippen LogP contribution is 2.29. The first-order valence-electron chi connectivity index (χ1n) is 8.29. The summed E-state index contributed by atoms with van der Waals surface area (Å²) in [4.78, 5) is 12.1. The standard InChI is InChI=1S/C23H16O3/c24-21-12-6-16(7-13-21)14-20-15-22(26-23(20)25)19-10-8-18(9-11-19)17-4-2-1-3-5-17/h1-15,24H/b20-14+. The number of rotatable bonds is 3. The molecule has 0 aromatic heterocycles. The second-order valence-electron chi connectivity index (χ2n) is 6.03. The lowest BCUT2D eigenvalue weighted by Gasteiger charge is -2.04. The molecule has 0 amide bonds. The Morgan fingerprint density at radius 2 is 1.35 bits per heavy atom. The van der Waals surface area contributed by atoms with Gasteiger partial charge in [0.15, 0.2) is 0 Å². The average molecular weight is 340 g/mol. The molecule has 0 aliphatic carbocycles. The second-order valence-corrected chi connectivity index (χ2v) is 6.03. The molecule has 26 heavy (non-hydrogen) atoms. The first kappa shape index (κ1) is 15.9. The number of hydrogen-bond acceptors (Lipinski definition) is 3. The largest absolute Gasteiger partial charge is 0.508 e. The van der Waals surface area contributed by atoms with Gasteiger partial charge in [0.25, 0.3) is 0 Å². The Bertz CT molecular complexity index is 996. The molecule has 1 heterocycles. The highest BCUT2D eigenvalue weighted by Gasteiger charge is 2.21. The van der Waals surface area contributed by atoms with Crippen LogP contribution in [0.25, 0.3) is 23.0 Å². The number of cyclic esters (lactones) is 1. The zero-order valence-corrected chi connectivity index (χ0v) is 13.9. The van der Waals surface area contributed by atoms with E-state index in [9.17, 15) is 9.90 Å². The van der Waals surface area contributed by atoms with Crippen molar-refractivity contribution in [3.8, 4) is 16.9 Å². The number of carbonyl (C=O) groups is 1. The van der Waals surface area contributed by atoms with Crippen LogP contribution >= 0.6 is 0 Å². The van der Waals surface area contributed by atoms with Crippen molar-refractivity contribution in [2.45, 2.75) is 0 Å². The molecule has 0 atom stereocenters. The predicted octanol–water partition coefficient (Wildman–Crippen LogP) is 5.04. The summed E-state index contributed by atoms with van der Waals surface area (Å²) >= 11 is 0. The Hall–Kier alpha value is -3.59. The van der Waals surface area contributed by atoms with Gasteiger partial charge < -0.3 is 9.84 Å². The summed E-state index contributed by atoms with van der Waals surface area (Å²) in [5.41, 5.74) is 4.42. The number of phenols is 1. The number of esters is 1. The van der Waals surface area contributed by atoms with Crippen LogP contribution in [0.5, 0.6) is 5.75 Å². The number of benzene rings is 3. The maximum atomic E-state index is 12.1. The summed E-state index contributed by atoms with van der Waals surface area (Å²) in [6.07, 6.45) is 3.49. The van der Waals surface area contributed by atoms with Gasteiger partial charge in [-0.2, -0.15) is 0 Å². The van der Waals surface area contributed by atoms with Crippen molar-refractivity contribution in [1.82, 2.24) is 0 Å². The lowest BCUT2D eigenvalue weighted by molar-refractivity contribution is -0.130. The molecule has 3 heteroatoms. The van der Waals surface area contributed by atoms with E-state index in [0.29, 0.717) is 11.3 Å². The highest BCUT2D eigenvalue weighted by atomic mass is 16.5. The topological polar surface area (TPSA) is 46.5 Å². The number of aromatic hydroxyl groups is 1. The Balaban J connectivity index is 1.60. The van der Waals surface area contributed by atoms with Gasteiger partial charge in [-0.25, -0.2) is 4.79 Å². The summed E-state index contributed by atoms with van der Waals surface area (Å²) in [6.45, 7) is 0.